The maximum Gasteiger partial charge on any atom is 0.118 e. The van der Waals surface area contributed by atoms with Crippen molar-refractivity contribution in [1.82, 2.24) is 20.2 Å². The molecule has 5 rings (SSSR count). The molecule has 0 saturated carbocycles. The van der Waals surface area contributed by atoms with Crippen molar-refractivity contribution in [2.45, 2.75) is 58.4 Å². The maximum atomic E-state index is 13.9. The van der Waals surface area contributed by atoms with Crippen molar-refractivity contribution in [3.05, 3.63) is 58.7 Å². The van der Waals surface area contributed by atoms with Gasteiger partial charge in [0.15, 0.2) is 0 Å². The highest BCUT2D eigenvalue weighted by Crippen LogP contribution is 2.31. The van der Waals surface area contributed by atoms with Crippen molar-refractivity contribution >= 4 is 32.5 Å². The normalized spacial score (nSPS) is 16.7. The lowest BCUT2D eigenvalue weighted by Crippen LogP contribution is -2.44. The van der Waals surface area contributed by atoms with Gasteiger partial charge in [-0.3, -0.25) is 9.29 Å². The highest BCUT2D eigenvalue weighted by Gasteiger charge is 2.30. The van der Waals surface area contributed by atoms with Crippen molar-refractivity contribution < 1.29 is 8.78 Å². The third-order valence-corrected chi connectivity index (χ3v) is 6.93. The first-order valence-electron chi connectivity index (χ1n) is 11.7. The fourth-order valence-corrected chi connectivity index (χ4v) is 5.32. The van der Waals surface area contributed by atoms with Gasteiger partial charge in [-0.05, 0) is 69.3 Å². The van der Waals surface area contributed by atoms with Gasteiger partial charge in [0, 0.05) is 48.0 Å². The summed E-state index contributed by atoms with van der Waals surface area (Å²) in [7, 11) is 0. The zero-order valence-corrected chi connectivity index (χ0v) is 20.5. The number of halogens is 2. The highest BCUT2D eigenvalue weighted by atomic mass is 32.1. The average Bonchev–Trinajstić information content (AvgIpc) is 3.44. The van der Waals surface area contributed by atoms with Crippen LogP contribution < -0.4 is 5.32 Å². The zero-order chi connectivity index (χ0) is 23.4. The Bertz CT molecular complexity index is 1140. The van der Waals surface area contributed by atoms with Crippen LogP contribution in [0.3, 0.4) is 0 Å². The molecule has 0 aliphatic carbocycles. The average molecular weight is 473 g/mol. The summed E-state index contributed by atoms with van der Waals surface area (Å²) in [5.74, 6) is 0. The predicted octanol–water partition coefficient (Wildman–Crippen LogP) is 6.34. The molecule has 0 spiro atoms. The summed E-state index contributed by atoms with van der Waals surface area (Å²) >= 11 is 1.73. The van der Waals surface area contributed by atoms with Crippen LogP contribution in [0.5, 0.6) is 0 Å². The van der Waals surface area contributed by atoms with Crippen molar-refractivity contribution in [1.29, 1.82) is 0 Å². The van der Waals surface area contributed by atoms with Gasteiger partial charge < -0.3 is 15.3 Å². The smallest absolute Gasteiger partial charge is 0.118 e. The lowest BCUT2D eigenvalue weighted by Gasteiger charge is -2.36. The van der Waals surface area contributed by atoms with Crippen LogP contribution in [0.2, 0.25) is 0 Å². The van der Waals surface area contributed by atoms with Gasteiger partial charge in [-0.15, -0.1) is 11.3 Å². The molecule has 0 fully saturated rings. The van der Waals surface area contributed by atoms with Gasteiger partial charge in [-0.25, -0.2) is 4.39 Å². The number of rotatable bonds is 7. The molecule has 1 aliphatic heterocycles. The largest absolute Gasteiger partial charge is 0.357 e. The number of nitrogens with one attached hydrogen (secondary N) is 3. The van der Waals surface area contributed by atoms with Gasteiger partial charge in [0.25, 0.3) is 0 Å². The molecule has 3 aromatic heterocycles. The van der Waals surface area contributed by atoms with Crippen molar-refractivity contribution in [3.63, 3.8) is 0 Å². The third kappa shape index (κ3) is 6.02. The van der Waals surface area contributed by atoms with E-state index in [0.717, 1.165) is 26.1 Å². The second-order valence-electron chi connectivity index (χ2n) is 9.52. The van der Waals surface area contributed by atoms with Crippen molar-refractivity contribution in [2.75, 3.05) is 19.8 Å². The molecule has 1 aliphatic rings. The Kier molecular flexibility index (Phi) is 7.51. The maximum absolute atomic E-state index is 13.9. The fourth-order valence-electron chi connectivity index (χ4n) is 4.52. The summed E-state index contributed by atoms with van der Waals surface area (Å²) in [6, 6.07) is 13.0. The molecule has 4 aromatic rings. The zero-order valence-electron chi connectivity index (χ0n) is 19.7. The molecule has 4 heterocycles. The molecule has 1 unspecified atom stereocenters. The second kappa shape index (κ2) is 10.4. The van der Waals surface area contributed by atoms with E-state index in [1.54, 1.807) is 25.2 Å². The van der Waals surface area contributed by atoms with Crippen LogP contribution in [0, 0.1) is 0 Å². The van der Waals surface area contributed by atoms with E-state index >= 15 is 0 Å². The number of benzene rings is 1. The summed E-state index contributed by atoms with van der Waals surface area (Å²) in [4.78, 5) is 9.03. The number of nitrogens with zero attached hydrogens (tertiary/aromatic N) is 1. The van der Waals surface area contributed by atoms with Crippen molar-refractivity contribution in [2.24, 2.45) is 0 Å². The SMILES string of the molecule is CC1Cc2c([nH]c3ccccc23)CN1CC(C)(C)F.FCCCNCc1cc2sccc2[nH]1. The van der Waals surface area contributed by atoms with Crippen LogP contribution >= 0.6 is 11.3 Å². The number of alkyl halides is 2. The van der Waals surface area contributed by atoms with E-state index < -0.39 is 5.67 Å². The Hall–Kier alpha value is -2.22. The van der Waals surface area contributed by atoms with Crippen LogP contribution in [-0.2, 0) is 19.5 Å². The fraction of sp³-hybridized carbons (Fsp3) is 0.462. The summed E-state index contributed by atoms with van der Waals surface area (Å²) in [5, 5.41) is 6.58. The molecule has 0 amide bonds. The highest BCUT2D eigenvalue weighted by molar-refractivity contribution is 7.17. The van der Waals surface area contributed by atoms with Crippen molar-refractivity contribution in [3.8, 4) is 0 Å². The van der Waals surface area contributed by atoms with Crippen LogP contribution in [0.4, 0.5) is 8.78 Å². The molecular formula is C26H34F2N4S. The number of fused-ring (bicyclic) bond motifs is 4. The molecule has 0 radical (unpaired) electrons. The van der Waals surface area contributed by atoms with E-state index in [9.17, 15) is 8.78 Å². The minimum atomic E-state index is -1.14. The first-order valence-corrected chi connectivity index (χ1v) is 12.6. The Morgan fingerprint density at radius 1 is 1.18 bits per heavy atom. The molecule has 1 atom stereocenters. The predicted molar refractivity (Wildman–Crippen MR) is 136 cm³/mol. The molecule has 178 valence electrons. The number of aromatic amines is 2. The molecule has 3 N–H and O–H groups in total. The summed E-state index contributed by atoms with van der Waals surface area (Å²) in [6.07, 6.45) is 1.59. The van der Waals surface area contributed by atoms with Crippen LogP contribution in [-0.4, -0.2) is 46.3 Å². The van der Waals surface area contributed by atoms with Gasteiger partial charge in [0.1, 0.15) is 5.67 Å². The first kappa shape index (κ1) is 23.9. The van der Waals surface area contributed by atoms with Gasteiger partial charge in [0.05, 0.1) is 16.9 Å². The van der Waals surface area contributed by atoms with Gasteiger partial charge in [0.2, 0.25) is 0 Å². The molecule has 7 heteroatoms. The Balaban J connectivity index is 0.000000165. The minimum Gasteiger partial charge on any atom is -0.357 e. The summed E-state index contributed by atoms with van der Waals surface area (Å²) < 4.78 is 27.0. The monoisotopic (exact) mass is 472 g/mol. The number of H-pyrrole nitrogens is 2. The molecule has 0 bridgehead atoms. The number of para-hydroxylation sites is 1. The molecule has 4 nitrogen and oxygen atoms in total. The number of aromatic nitrogens is 2. The minimum absolute atomic E-state index is 0.243. The van der Waals surface area contributed by atoms with Gasteiger partial charge in [-0.1, -0.05) is 18.2 Å². The third-order valence-electron chi connectivity index (χ3n) is 6.06. The quantitative estimate of drug-likeness (QED) is 0.275. The van der Waals surface area contributed by atoms with Crippen LogP contribution in [0.15, 0.2) is 41.8 Å². The van der Waals surface area contributed by atoms with Crippen LogP contribution in [0.25, 0.3) is 21.1 Å². The molecule has 33 heavy (non-hydrogen) atoms. The van der Waals surface area contributed by atoms with E-state index in [0.29, 0.717) is 19.0 Å². The molecule has 1 aromatic carbocycles. The van der Waals surface area contributed by atoms with E-state index in [-0.39, 0.29) is 6.67 Å². The molecular weight excluding hydrogens is 438 g/mol. The topological polar surface area (TPSA) is 46.9 Å². The Morgan fingerprint density at radius 2 is 2.00 bits per heavy atom. The molecule has 0 saturated heterocycles. The van der Waals surface area contributed by atoms with E-state index in [1.807, 2.05) is 0 Å². The van der Waals surface area contributed by atoms with Gasteiger partial charge >= 0.3 is 0 Å². The second-order valence-corrected chi connectivity index (χ2v) is 10.5. The summed E-state index contributed by atoms with van der Waals surface area (Å²) in [6.45, 7) is 8.09. The first-order chi connectivity index (χ1) is 15.8. The Morgan fingerprint density at radius 3 is 2.76 bits per heavy atom. The number of hydrogen-bond acceptors (Lipinski definition) is 3. The lowest BCUT2D eigenvalue weighted by atomic mass is 9.96. The number of thiophene rings is 1. The number of hydrogen-bond donors (Lipinski definition) is 3. The van der Waals surface area contributed by atoms with E-state index in [2.05, 4.69) is 68.9 Å². The van der Waals surface area contributed by atoms with Gasteiger partial charge in [-0.2, -0.15) is 0 Å². The standard InChI is InChI=1S/C16H21FN2.C10H13FN2S/c1-11-8-13-12-6-4-5-7-14(12)18-15(13)9-19(11)10-16(2,3)17;11-3-1-4-12-7-8-6-10-9(13-8)2-5-14-10/h4-7,11,18H,8-10H2,1-3H3;2,5-6,12-13H,1,3-4,7H2. The lowest BCUT2D eigenvalue weighted by molar-refractivity contribution is 0.0853. The summed E-state index contributed by atoms with van der Waals surface area (Å²) in [5.41, 5.74) is 5.08. The van der Waals surface area contributed by atoms with E-state index in [1.165, 1.54) is 38.1 Å². The Labute approximate surface area is 198 Å². The van der Waals surface area contributed by atoms with E-state index in [4.69, 9.17) is 0 Å². The van der Waals surface area contributed by atoms with Crippen LogP contribution in [0.1, 0.15) is 44.1 Å².